The molecule has 0 bridgehead atoms. The van der Waals surface area contributed by atoms with Gasteiger partial charge in [0, 0.05) is 51.7 Å². The Labute approximate surface area is 229 Å². The fourth-order valence-electron chi connectivity index (χ4n) is 5.71. The lowest BCUT2D eigenvalue weighted by Crippen LogP contribution is -2.52. The van der Waals surface area contributed by atoms with Crippen LogP contribution in [-0.4, -0.2) is 72.7 Å². The summed E-state index contributed by atoms with van der Waals surface area (Å²) >= 11 is 0. The molecule has 0 N–H and O–H groups in total. The average Bonchev–Trinajstić information content (AvgIpc) is 3.08. The lowest BCUT2D eigenvalue weighted by Gasteiger charge is -2.36. The molecule has 0 unspecified atom stereocenters. The zero-order valence-electron chi connectivity index (χ0n) is 23.7. The Kier molecular flexibility index (Phi) is 6.97. The Bertz CT molecular complexity index is 1510. The first-order valence-corrected chi connectivity index (χ1v) is 13.5. The third-order valence-electron chi connectivity index (χ3n) is 8.25. The number of hydrogen-bond acceptors (Lipinski definition) is 6. The number of piperazine rings is 1. The van der Waals surface area contributed by atoms with Crippen LogP contribution in [-0.2, 0) is 32.7 Å². The second kappa shape index (κ2) is 10.1. The van der Waals surface area contributed by atoms with Crippen molar-refractivity contribution in [2.75, 3.05) is 50.1 Å². The molecule has 2 aliphatic heterocycles. The van der Waals surface area contributed by atoms with E-state index in [2.05, 4.69) is 6.07 Å². The van der Waals surface area contributed by atoms with Gasteiger partial charge in [-0.3, -0.25) is 19.0 Å². The van der Waals surface area contributed by atoms with Gasteiger partial charge in [0.25, 0.3) is 5.56 Å². The zero-order valence-corrected chi connectivity index (χ0v) is 23.7. The molecule has 9 heteroatoms. The molecule has 0 saturated carbocycles. The van der Waals surface area contributed by atoms with Gasteiger partial charge in [-0.05, 0) is 69.5 Å². The van der Waals surface area contributed by atoms with E-state index in [1.54, 1.807) is 16.6 Å². The number of carbonyl (C=O) groups is 2. The predicted octanol–water partition coefficient (Wildman–Crippen LogP) is 2.89. The van der Waals surface area contributed by atoms with Crippen LogP contribution in [0.1, 0.15) is 37.7 Å². The normalized spacial score (nSPS) is 17.7. The van der Waals surface area contributed by atoms with E-state index in [1.165, 1.54) is 0 Å². The van der Waals surface area contributed by atoms with Crippen molar-refractivity contribution in [1.29, 1.82) is 0 Å². The highest BCUT2D eigenvalue weighted by atomic mass is 16.5. The van der Waals surface area contributed by atoms with Gasteiger partial charge in [0.15, 0.2) is 0 Å². The Morgan fingerprint density at radius 1 is 1.08 bits per heavy atom. The van der Waals surface area contributed by atoms with Gasteiger partial charge in [-0.15, -0.1) is 0 Å². The van der Waals surface area contributed by atoms with E-state index in [-0.39, 0.29) is 30.0 Å². The van der Waals surface area contributed by atoms with Crippen LogP contribution in [0.4, 0.5) is 11.4 Å². The van der Waals surface area contributed by atoms with Crippen LogP contribution in [0.2, 0.25) is 0 Å². The van der Waals surface area contributed by atoms with Gasteiger partial charge in [0.2, 0.25) is 11.8 Å². The Morgan fingerprint density at radius 3 is 2.56 bits per heavy atom. The highest BCUT2D eigenvalue weighted by molar-refractivity contribution is 6.07. The number of anilines is 2. The van der Waals surface area contributed by atoms with Gasteiger partial charge in [0.05, 0.1) is 29.0 Å². The van der Waals surface area contributed by atoms with Gasteiger partial charge >= 0.3 is 0 Å². The Hall–Kier alpha value is -3.72. The summed E-state index contributed by atoms with van der Waals surface area (Å²) < 4.78 is 7.02. The summed E-state index contributed by atoms with van der Waals surface area (Å²) in [5, 5.41) is 0.560. The number of fused-ring (bicyclic) bond motifs is 2. The van der Waals surface area contributed by atoms with Crippen LogP contribution >= 0.6 is 0 Å². The second-order valence-corrected chi connectivity index (χ2v) is 11.2. The number of hydrogen-bond donors (Lipinski definition) is 0. The number of aromatic nitrogens is 2. The van der Waals surface area contributed by atoms with E-state index in [0.717, 1.165) is 22.5 Å². The minimum absolute atomic E-state index is 0.00380. The van der Waals surface area contributed by atoms with Gasteiger partial charge in [0.1, 0.15) is 5.82 Å². The number of methoxy groups -OCH3 is 1. The van der Waals surface area contributed by atoms with Crippen molar-refractivity contribution >= 4 is 34.1 Å². The van der Waals surface area contributed by atoms with Gasteiger partial charge in [-0.25, -0.2) is 4.98 Å². The molecule has 1 atom stereocenters. The quantitative estimate of drug-likeness (QED) is 0.466. The summed E-state index contributed by atoms with van der Waals surface area (Å²) in [5.74, 6) is 0.802. The molecule has 0 spiro atoms. The largest absolute Gasteiger partial charge is 0.380 e. The predicted molar refractivity (Wildman–Crippen MR) is 153 cm³/mol. The Balaban J connectivity index is 1.33. The van der Waals surface area contributed by atoms with E-state index in [0.29, 0.717) is 49.3 Å². The summed E-state index contributed by atoms with van der Waals surface area (Å²) in [4.78, 5) is 49.1. The molecule has 1 saturated heterocycles. The molecule has 1 aromatic heterocycles. The first kappa shape index (κ1) is 26.9. The summed E-state index contributed by atoms with van der Waals surface area (Å²) in [5.41, 5.74) is 3.95. The molecule has 206 valence electrons. The third-order valence-corrected chi connectivity index (χ3v) is 8.25. The molecule has 3 heterocycles. The van der Waals surface area contributed by atoms with Crippen LogP contribution in [0.5, 0.6) is 0 Å². The fourth-order valence-corrected chi connectivity index (χ4v) is 5.71. The highest BCUT2D eigenvalue weighted by Gasteiger charge is 2.42. The maximum Gasteiger partial charge on any atom is 0.261 e. The number of likely N-dealkylation sites (N-methyl/N-ethyl adjacent to an activating group) is 1. The number of nitrogens with zero attached hydrogens (tertiary/aromatic N) is 5. The van der Waals surface area contributed by atoms with E-state index in [9.17, 15) is 14.4 Å². The Morgan fingerprint density at radius 2 is 1.85 bits per heavy atom. The molecule has 3 aromatic rings. The van der Waals surface area contributed by atoms with Crippen molar-refractivity contribution in [2.45, 2.75) is 52.2 Å². The van der Waals surface area contributed by atoms with Crippen molar-refractivity contribution in [2.24, 2.45) is 0 Å². The maximum atomic E-state index is 13.4. The fraction of sp³-hybridized carbons (Fsp3) is 0.467. The minimum atomic E-state index is -0.527. The lowest BCUT2D eigenvalue weighted by molar-refractivity contribution is -0.132. The molecule has 9 nitrogen and oxygen atoms in total. The van der Waals surface area contributed by atoms with Crippen molar-refractivity contribution in [3.63, 3.8) is 0 Å². The number of carbonyl (C=O) groups excluding carboxylic acids is 2. The van der Waals surface area contributed by atoms with Crippen LogP contribution in [0.25, 0.3) is 10.9 Å². The molecule has 2 aliphatic rings. The molecule has 0 radical (unpaired) electrons. The first-order valence-electron chi connectivity index (χ1n) is 13.5. The zero-order chi connectivity index (χ0) is 28.1. The molecule has 0 aliphatic carbocycles. The molecule has 2 aromatic carbocycles. The van der Waals surface area contributed by atoms with Crippen LogP contribution in [0, 0.1) is 6.92 Å². The summed E-state index contributed by atoms with van der Waals surface area (Å²) in [6.07, 6.45) is 0.645. The van der Waals surface area contributed by atoms with Gasteiger partial charge in [-0.1, -0.05) is 12.1 Å². The standard InChI is InChI=1S/C30H37N5O4/c1-19(39-6)17-34-14-13-33(18-27(34)36)22-8-9-23-25(16-22)31-20(2)35(28(23)37)12-11-21-7-10-24-26(15-21)32(5)29(38)30(24,3)4/h7-10,15-16,19H,11-14,17-18H2,1-6H3/t19-/m1/s1. The third kappa shape index (κ3) is 4.80. The van der Waals surface area contributed by atoms with Crippen LogP contribution < -0.4 is 15.4 Å². The van der Waals surface area contributed by atoms with Crippen LogP contribution in [0.15, 0.2) is 41.2 Å². The number of aryl methyl sites for hydroxylation is 2. The van der Waals surface area contributed by atoms with Gasteiger partial charge < -0.3 is 19.4 Å². The number of rotatable bonds is 7. The molecular weight excluding hydrogens is 494 g/mol. The number of benzene rings is 2. The van der Waals surface area contributed by atoms with E-state index in [1.807, 2.05) is 74.9 Å². The summed E-state index contributed by atoms with van der Waals surface area (Å²) in [6, 6.07) is 11.8. The number of amides is 2. The maximum absolute atomic E-state index is 13.4. The summed E-state index contributed by atoms with van der Waals surface area (Å²) in [7, 11) is 3.46. The lowest BCUT2D eigenvalue weighted by atomic mass is 9.86. The SMILES string of the molecule is CO[C@H](C)CN1CCN(c2ccc3c(=O)n(CCc4ccc5c(c4)N(C)C(=O)C5(C)C)c(C)nc3c2)CC1=O. The monoisotopic (exact) mass is 531 g/mol. The van der Waals surface area contributed by atoms with Crippen molar-refractivity contribution in [1.82, 2.24) is 14.5 Å². The molecule has 39 heavy (non-hydrogen) atoms. The first-order chi connectivity index (χ1) is 18.5. The minimum Gasteiger partial charge on any atom is -0.380 e. The topological polar surface area (TPSA) is 88.0 Å². The number of ether oxygens (including phenoxy) is 1. The van der Waals surface area contributed by atoms with Crippen molar-refractivity contribution in [3.8, 4) is 0 Å². The van der Waals surface area contributed by atoms with E-state index < -0.39 is 5.41 Å². The smallest absolute Gasteiger partial charge is 0.261 e. The van der Waals surface area contributed by atoms with Crippen molar-refractivity contribution < 1.29 is 14.3 Å². The van der Waals surface area contributed by atoms with Crippen LogP contribution in [0.3, 0.4) is 0 Å². The van der Waals surface area contributed by atoms with Crippen molar-refractivity contribution in [3.05, 3.63) is 63.7 Å². The molecule has 1 fully saturated rings. The van der Waals surface area contributed by atoms with E-state index >= 15 is 0 Å². The molecular formula is C30H37N5O4. The summed E-state index contributed by atoms with van der Waals surface area (Å²) in [6.45, 7) is 10.4. The highest BCUT2D eigenvalue weighted by Crippen LogP contribution is 2.41. The molecule has 5 rings (SSSR count). The second-order valence-electron chi connectivity index (χ2n) is 11.2. The molecule has 2 amide bonds. The average molecular weight is 532 g/mol. The van der Waals surface area contributed by atoms with E-state index in [4.69, 9.17) is 9.72 Å². The van der Waals surface area contributed by atoms with Gasteiger partial charge in [-0.2, -0.15) is 0 Å².